The Hall–Kier alpha value is -1.38. The molecule has 1 saturated heterocycles. The molecule has 0 spiro atoms. The van der Waals surface area contributed by atoms with E-state index in [1.165, 1.54) is 16.7 Å². The summed E-state index contributed by atoms with van der Waals surface area (Å²) in [6, 6.07) is 10.5. The summed E-state index contributed by atoms with van der Waals surface area (Å²) in [5, 5.41) is 0. The van der Waals surface area contributed by atoms with Crippen molar-refractivity contribution in [3.8, 4) is 0 Å². The Labute approximate surface area is 108 Å². The van der Waals surface area contributed by atoms with E-state index >= 15 is 0 Å². The van der Waals surface area contributed by atoms with Gasteiger partial charge in [0, 0.05) is 11.5 Å². The maximum absolute atomic E-state index is 6.55. The molecule has 2 heteroatoms. The first kappa shape index (κ1) is 11.7. The van der Waals surface area contributed by atoms with Gasteiger partial charge in [0.25, 0.3) is 0 Å². The average molecular weight is 241 g/mol. The van der Waals surface area contributed by atoms with Crippen LogP contribution in [0.1, 0.15) is 18.9 Å². The van der Waals surface area contributed by atoms with Crippen LogP contribution in [0.3, 0.4) is 0 Å². The molecule has 0 amide bonds. The van der Waals surface area contributed by atoms with Gasteiger partial charge in [0.1, 0.15) is 0 Å². The Morgan fingerprint density at radius 2 is 1.94 bits per heavy atom. The molecule has 1 heterocycles. The second-order valence-corrected chi connectivity index (χ2v) is 5.38. The maximum Gasteiger partial charge on any atom is 0.0537 e. The van der Waals surface area contributed by atoms with Crippen molar-refractivity contribution in [2.24, 2.45) is 11.7 Å². The molecule has 18 heavy (non-hydrogen) atoms. The van der Waals surface area contributed by atoms with E-state index < -0.39 is 0 Å². The molecule has 0 saturated carbocycles. The smallest absolute Gasteiger partial charge is 0.0537 e. The van der Waals surface area contributed by atoms with E-state index in [1.807, 2.05) is 6.07 Å². The van der Waals surface area contributed by atoms with Crippen LogP contribution in [-0.2, 0) is 4.74 Å². The second kappa shape index (κ2) is 4.38. The molecule has 1 aliphatic heterocycles. The van der Waals surface area contributed by atoms with Crippen molar-refractivity contribution >= 4 is 5.57 Å². The minimum atomic E-state index is -0.233. The highest BCUT2D eigenvalue weighted by Gasteiger charge is 2.39. The third-order valence-electron chi connectivity index (χ3n) is 4.12. The van der Waals surface area contributed by atoms with E-state index in [2.05, 4.69) is 43.3 Å². The first-order valence-corrected chi connectivity index (χ1v) is 6.50. The van der Waals surface area contributed by atoms with Crippen LogP contribution in [0.5, 0.6) is 0 Å². The van der Waals surface area contributed by atoms with Crippen LogP contribution in [-0.4, -0.2) is 18.8 Å². The van der Waals surface area contributed by atoms with Crippen LogP contribution in [0.2, 0.25) is 0 Å². The summed E-state index contributed by atoms with van der Waals surface area (Å²) < 4.78 is 5.29. The van der Waals surface area contributed by atoms with Gasteiger partial charge in [-0.25, -0.2) is 0 Å². The Balaban J connectivity index is 1.92. The predicted octanol–water partition coefficient (Wildman–Crippen LogP) is 2.76. The molecule has 1 atom stereocenters. The highest BCUT2D eigenvalue weighted by atomic mass is 16.5. The highest BCUT2D eigenvalue weighted by molar-refractivity contribution is 5.73. The molecular weight excluding hydrogens is 222 g/mol. The number of nitrogens with two attached hydrogens (primary N) is 1. The van der Waals surface area contributed by atoms with Gasteiger partial charge in [-0.2, -0.15) is 0 Å². The molecule has 0 radical (unpaired) electrons. The first-order valence-electron chi connectivity index (χ1n) is 6.50. The maximum atomic E-state index is 6.55. The average Bonchev–Trinajstić information content (AvgIpc) is 2.31. The van der Waals surface area contributed by atoms with Crippen molar-refractivity contribution < 1.29 is 4.74 Å². The fourth-order valence-corrected chi connectivity index (χ4v) is 2.68. The Bertz CT molecular complexity index is 499. The predicted molar refractivity (Wildman–Crippen MR) is 74.0 cm³/mol. The quantitative estimate of drug-likeness (QED) is 0.864. The van der Waals surface area contributed by atoms with Crippen molar-refractivity contribution in [3.05, 3.63) is 53.6 Å². The minimum Gasteiger partial charge on any atom is -0.381 e. The van der Waals surface area contributed by atoms with E-state index in [1.54, 1.807) is 0 Å². The van der Waals surface area contributed by atoms with Gasteiger partial charge in [-0.1, -0.05) is 42.5 Å². The molecule has 1 unspecified atom stereocenters. The summed E-state index contributed by atoms with van der Waals surface area (Å²) in [6.45, 7) is 3.75. The van der Waals surface area contributed by atoms with Crippen molar-refractivity contribution in [1.29, 1.82) is 0 Å². The van der Waals surface area contributed by atoms with Crippen LogP contribution < -0.4 is 5.73 Å². The number of hydrogen-bond acceptors (Lipinski definition) is 2. The van der Waals surface area contributed by atoms with Crippen LogP contribution in [0.25, 0.3) is 5.57 Å². The van der Waals surface area contributed by atoms with Gasteiger partial charge in [-0.05, 0) is 30.1 Å². The zero-order valence-corrected chi connectivity index (χ0v) is 10.7. The van der Waals surface area contributed by atoms with E-state index in [4.69, 9.17) is 10.5 Å². The van der Waals surface area contributed by atoms with E-state index in [-0.39, 0.29) is 5.54 Å². The zero-order chi connectivity index (χ0) is 12.6. The third-order valence-corrected chi connectivity index (χ3v) is 4.12. The topological polar surface area (TPSA) is 35.2 Å². The fraction of sp³-hybridized carbons (Fsp3) is 0.375. The molecule has 1 aromatic carbocycles. The van der Waals surface area contributed by atoms with Gasteiger partial charge in [0.15, 0.2) is 0 Å². The van der Waals surface area contributed by atoms with Crippen LogP contribution >= 0.6 is 0 Å². The number of allylic oxidation sites excluding steroid dienone is 2. The molecule has 1 aromatic rings. The van der Waals surface area contributed by atoms with Crippen LogP contribution in [0.15, 0.2) is 48.1 Å². The number of rotatable bonds is 2. The van der Waals surface area contributed by atoms with Gasteiger partial charge >= 0.3 is 0 Å². The van der Waals surface area contributed by atoms with Crippen LogP contribution in [0, 0.1) is 5.92 Å². The lowest BCUT2D eigenvalue weighted by atomic mass is 9.73. The summed E-state index contributed by atoms with van der Waals surface area (Å²) in [6.07, 6.45) is 5.25. The number of hydrogen-bond donors (Lipinski definition) is 1. The minimum absolute atomic E-state index is 0.233. The molecule has 2 N–H and O–H groups in total. The largest absolute Gasteiger partial charge is 0.381 e. The van der Waals surface area contributed by atoms with Gasteiger partial charge in [-0.3, -0.25) is 0 Å². The van der Waals surface area contributed by atoms with Crippen LogP contribution in [0.4, 0.5) is 0 Å². The fourth-order valence-electron chi connectivity index (χ4n) is 2.68. The Kier molecular flexibility index (Phi) is 2.84. The van der Waals surface area contributed by atoms with E-state index in [0.717, 1.165) is 19.6 Å². The Morgan fingerprint density at radius 3 is 2.56 bits per heavy atom. The summed E-state index contributed by atoms with van der Waals surface area (Å²) in [4.78, 5) is 0. The standard InChI is InChI=1S/C16H19NO/c1-12-7-8-16(17,14-10-18-11-14)9-15(12)13-5-3-2-4-6-13/h2-8,14H,9-11,17H2,1H3. The SMILES string of the molecule is CC1=C(c2ccccc2)CC(N)(C2COC2)C=C1. The van der Waals surface area contributed by atoms with E-state index in [0.29, 0.717) is 5.92 Å². The molecule has 2 aliphatic rings. The van der Waals surface area contributed by atoms with Crippen molar-refractivity contribution in [2.45, 2.75) is 18.9 Å². The van der Waals surface area contributed by atoms with Gasteiger partial charge in [-0.15, -0.1) is 0 Å². The zero-order valence-electron chi connectivity index (χ0n) is 10.7. The summed E-state index contributed by atoms with van der Waals surface area (Å²) in [5.41, 5.74) is 10.3. The summed E-state index contributed by atoms with van der Waals surface area (Å²) in [7, 11) is 0. The molecule has 1 fully saturated rings. The molecule has 1 aliphatic carbocycles. The Morgan fingerprint density at radius 1 is 1.22 bits per heavy atom. The second-order valence-electron chi connectivity index (χ2n) is 5.38. The van der Waals surface area contributed by atoms with Gasteiger partial charge in [0.05, 0.1) is 13.2 Å². The first-order chi connectivity index (χ1) is 8.69. The highest BCUT2D eigenvalue weighted by Crippen LogP contribution is 2.38. The van der Waals surface area contributed by atoms with Crippen molar-refractivity contribution in [1.82, 2.24) is 0 Å². The molecule has 0 bridgehead atoms. The van der Waals surface area contributed by atoms with Crippen molar-refractivity contribution in [3.63, 3.8) is 0 Å². The molecular formula is C16H19NO. The molecule has 94 valence electrons. The lowest BCUT2D eigenvalue weighted by Gasteiger charge is -2.42. The lowest BCUT2D eigenvalue weighted by Crippen LogP contribution is -2.54. The summed E-state index contributed by atoms with van der Waals surface area (Å²) in [5.74, 6) is 0.459. The molecule has 2 nitrogen and oxygen atoms in total. The monoisotopic (exact) mass is 241 g/mol. The molecule has 0 aromatic heterocycles. The van der Waals surface area contributed by atoms with Gasteiger partial charge in [0.2, 0.25) is 0 Å². The lowest BCUT2D eigenvalue weighted by molar-refractivity contribution is -0.0582. The van der Waals surface area contributed by atoms with Crippen molar-refractivity contribution in [2.75, 3.05) is 13.2 Å². The van der Waals surface area contributed by atoms with E-state index in [9.17, 15) is 0 Å². The number of ether oxygens (including phenoxy) is 1. The molecule has 3 rings (SSSR count). The number of benzene rings is 1. The normalized spacial score (nSPS) is 28.3. The summed E-state index contributed by atoms with van der Waals surface area (Å²) >= 11 is 0. The van der Waals surface area contributed by atoms with Gasteiger partial charge < -0.3 is 10.5 Å². The third kappa shape index (κ3) is 1.92.